The van der Waals surface area contributed by atoms with Gasteiger partial charge in [0.2, 0.25) is 0 Å². The Kier molecular flexibility index (Phi) is 3.50. The van der Waals surface area contributed by atoms with Crippen molar-refractivity contribution in [2.45, 2.75) is 51.0 Å². The Hall–Kier alpha value is -1.09. The van der Waals surface area contributed by atoms with Gasteiger partial charge in [-0.05, 0) is 43.7 Å². The zero-order valence-corrected chi connectivity index (χ0v) is 10.9. The number of fused-ring (bicyclic) bond motifs is 1. The standard InChI is InChI=1S/C15H22N2O/c18-11-13-6-2-1-3-10-17(13)15-9-8-12-5-4-7-14(12)16-15/h8-9,13,18H,1-7,10-11H2. The van der Waals surface area contributed by atoms with E-state index in [2.05, 4.69) is 17.0 Å². The van der Waals surface area contributed by atoms with Crippen LogP contribution in [0.5, 0.6) is 0 Å². The Morgan fingerprint density at radius 2 is 2.11 bits per heavy atom. The van der Waals surface area contributed by atoms with E-state index in [4.69, 9.17) is 4.98 Å². The predicted octanol–water partition coefficient (Wildman–Crippen LogP) is 2.31. The van der Waals surface area contributed by atoms with Gasteiger partial charge >= 0.3 is 0 Å². The van der Waals surface area contributed by atoms with Crippen LogP contribution in [0.3, 0.4) is 0 Å². The molecule has 1 N–H and O–H groups in total. The molecule has 1 fully saturated rings. The minimum absolute atomic E-state index is 0.249. The molecule has 0 aromatic carbocycles. The van der Waals surface area contributed by atoms with Gasteiger partial charge in [0, 0.05) is 12.2 Å². The second-order valence-corrected chi connectivity index (χ2v) is 5.51. The Bertz CT molecular complexity index is 419. The van der Waals surface area contributed by atoms with Crippen LogP contribution in [-0.4, -0.2) is 29.3 Å². The highest BCUT2D eigenvalue weighted by atomic mass is 16.3. The minimum Gasteiger partial charge on any atom is -0.394 e. The van der Waals surface area contributed by atoms with Crippen molar-refractivity contribution in [2.24, 2.45) is 0 Å². The fourth-order valence-corrected chi connectivity index (χ4v) is 3.24. The van der Waals surface area contributed by atoms with E-state index in [0.717, 1.165) is 25.2 Å². The van der Waals surface area contributed by atoms with Crippen LogP contribution in [-0.2, 0) is 12.8 Å². The van der Waals surface area contributed by atoms with Gasteiger partial charge in [-0.3, -0.25) is 0 Å². The summed E-state index contributed by atoms with van der Waals surface area (Å²) >= 11 is 0. The molecule has 3 rings (SSSR count). The molecule has 1 unspecified atom stereocenters. The molecule has 0 spiro atoms. The predicted molar refractivity (Wildman–Crippen MR) is 72.9 cm³/mol. The van der Waals surface area contributed by atoms with Gasteiger partial charge in [-0.2, -0.15) is 0 Å². The first kappa shape index (κ1) is 12.0. The Balaban J connectivity index is 1.87. The highest BCUT2D eigenvalue weighted by Gasteiger charge is 2.23. The monoisotopic (exact) mass is 246 g/mol. The van der Waals surface area contributed by atoms with Gasteiger partial charge in [0.05, 0.1) is 12.6 Å². The summed E-state index contributed by atoms with van der Waals surface area (Å²) in [6.45, 7) is 1.29. The summed E-state index contributed by atoms with van der Waals surface area (Å²) in [5.74, 6) is 1.08. The molecular weight excluding hydrogens is 224 g/mol. The molecule has 2 aliphatic rings. The zero-order valence-electron chi connectivity index (χ0n) is 10.9. The average Bonchev–Trinajstić information content (AvgIpc) is 2.74. The Labute approximate surface area is 109 Å². The third-order valence-electron chi connectivity index (χ3n) is 4.30. The molecule has 0 bridgehead atoms. The second-order valence-electron chi connectivity index (χ2n) is 5.51. The first-order chi connectivity index (χ1) is 8.88. The largest absolute Gasteiger partial charge is 0.394 e. The number of aliphatic hydroxyl groups excluding tert-OH is 1. The summed E-state index contributed by atoms with van der Waals surface area (Å²) in [6, 6.07) is 4.65. The number of aliphatic hydroxyl groups is 1. The van der Waals surface area contributed by atoms with Crippen LogP contribution in [0.15, 0.2) is 12.1 Å². The number of aryl methyl sites for hydroxylation is 2. The lowest BCUT2D eigenvalue weighted by molar-refractivity contribution is 0.254. The summed E-state index contributed by atoms with van der Waals surface area (Å²) in [4.78, 5) is 7.16. The number of nitrogens with zero attached hydrogens (tertiary/aromatic N) is 2. The number of hydrogen-bond acceptors (Lipinski definition) is 3. The fourth-order valence-electron chi connectivity index (χ4n) is 3.24. The fraction of sp³-hybridized carbons (Fsp3) is 0.667. The highest BCUT2D eigenvalue weighted by molar-refractivity contribution is 5.44. The van der Waals surface area contributed by atoms with Crippen LogP contribution in [0.1, 0.15) is 43.4 Å². The van der Waals surface area contributed by atoms with E-state index >= 15 is 0 Å². The molecule has 3 heteroatoms. The minimum atomic E-state index is 0.249. The maximum Gasteiger partial charge on any atom is 0.129 e. The Morgan fingerprint density at radius 1 is 1.17 bits per heavy atom. The number of anilines is 1. The molecule has 1 atom stereocenters. The SMILES string of the molecule is OCC1CCCCCN1c1ccc2c(n1)CCC2. The third kappa shape index (κ3) is 2.24. The van der Waals surface area contributed by atoms with Crippen molar-refractivity contribution in [1.82, 2.24) is 4.98 Å². The third-order valence-corrected chi connectivity index (χ3v) is 4.30. The maximum absolute atomic E-state index is 9.57. The second kappa shape index (κ2) is 5.27. The lowest BCUT2D eigenvalue weighted by Gasteiger charge is -2.30. The van der Waals surface area contributed by atoms with E-state index < -0.39 is 0 Å². The van der Waals surface area contributed by atoms with Crippen molar-refractivity contribution >= 4 is 5.82 Å². The molecule has 98 valence electrons. The van der Waals surface area contributed by atoms with Gasteiger partial charge in [-0.25, -0.2) is 4.98 Å². The highest BCUT2D eigenvalue weighted by Crippen LogP contribution is 2.27. The van der Waals surface area contributed by atoms with E-state index in [-0.39, 0.29) is 12.6 Å². The molecule has 3 nitrogen and oxygen atoms in total. The first-order valence-corrected chi connectivity index (χ1v) is 7.25. The number of aromatic nitrogens is 1. The van der Waals surface area contributed by atoms with E-state index in [0.29, 0.717) is 0 Å². The van der Waals surface area contributed by atoms with Crippen molar-refractivity contribution in [3.8, 4) is 0 Å². The average molecular weight is 246 g/mol. The van der Waals surface area contributed by atoms with Crippen LogP contribution < -0.4 is 4.90 Å². The normalized spacial score (nSPS) is 23.8. The first-order valence-electron chi connectivity index (χ1n) is 7.25. The summed E-state index contributed by atoms with van der Waals surface area (Å²) < 4.78 is 0. The lowest BCUT2D eigenvalue weighted by Crippen LogP contribution is -2.38. The van der Waals surface area contributed by atoms with Crippen molar-refractivity contribution in [3.63, 3.8) is 0 Å². The number of pyridine rings is 1. The summed E-state index contributed by atoms with van der Waals surface area (Å²) in [5.41, 5.74) is 2.71. The molecule has 1 aliphatic carbocycles. The smallest absolute Gasteiger partial charge is 0.129 e. The van der Waals surface area contributed by atoms with Gasteiger partial charge in [-0.15, -0.1) is 0 Å². The molecule has 18 heavy (non-hydrogen) atoms. The van der Waals surface area contributed by atoms with Crippen molar-refractivity contribution in [3.05, 3.63) is 23.4 Å². The topological polar surface area (TPSA) is 36.4 Å². The molecule has 1 saturated heterocycles. The summed E-state index contributed by atoms with van der Waals surface area (Å²) in [5, 5.41) is 9.57. The van der Waals surface area contributed by atoms with Gasteiger partial charge in [0.25, 0.3) is 0 Å². The maximum atomic E-state index is 9.57. The molecular formula is C15H22N2O. The molecule has 1 aromatic rings. The summed E-state index contributed by atoms with van der Waals surface area (Å²) in [6.07, 6.45) is 8.37. The van der Waals surface area contributed by atoms with Crippen molar-refractivity contribution < 1.29 is 5.11 Å². The molecule has 0 radical (unpaired) electrons. The van der Waals surface area contributed by atoms with Crippen LogP contribution in [0, 0.1) is 0 Å². The Morgan fingerprint density at radius 3 is 3.00 bits per heavy atom. The van der Waals surface area contributed by atoms with Gasteiger partial charge in [0.1, 0.15) is 5.82 Å². The quantitative estimate of drug-likeness (QED) is 0.870. The van der Waals surface area contributed by atoms with Crippen molar-refractivity contribution in [2.75, 3.05) is 18.1 Å². The van der Waals surface area contributed by atoms with Crippen LogP contribution in [0.4, 0.5) is 5.82 Å². The lowest BCUT2D eigenvalue weighted by atomic mass is 10.1. The van der Waals surface area contributed by atoms with E-state index in [1.54, 1.807) is 0 Å². The van der Waals surface area contributed by atoms with Crippen LogP contribution >= 0.6 is 0 Å². The van der Waals surface area contributed by atoms with E-state index in [1.165, 1.54) is 43.4 Å². The van der Waals surface area contributed by atoms with E-state index in [9.17, 15) is 5.11 Å². The molecule has 1 aromatic heterocycles. The van der Waals surface area contributed by atoms with Gasteiger partial charge in [-0.1, -0.05) is 18.9 Å². The number of hydrogen-bond donors (Lipinski definition) is 1. The molecule has 0 amide bonds. The van der Waals surface area contributed by atoms with E-state index in [1.807, 2.05) is 0 Å². The summed E-state index contributed by atoms with van der Waals surface area (Å²) in [7, 11) is 0. The van der Waals surface area contributed by atoms with Crippen LogP contribution in [0.25, 0.3) is 0 Å². The van der Waals surface area contributed by atoms with Crippen LogP contribution in [0.2, 0.25) is 0 Å². The molecule has 2 heterocycles. The van der Waals surface area contributed by atoms with Crippen molar-refractivity contribution in [1.29, 1.82) is 0 Å². The molecule has 1 aliphatic heterocycles. The molecule has 0 saturated carbocycles. The number of rotatable bonds is 2. The van der Waals surface area contributed by atoms with Gasteiger partial charge in [0.15, 0.2) is 0 Å². The zero-order chi connectivity index (χ0) is 12.4. The van der Waals surface area contributed by atoms with Gasteiger partial charge < -0.3 is 10.0 Å².